The van der Waals surface area contributed by atoms with Gasteiger partial charge in [0.2, 0.25) is 0 Å². The number of hydrogen-bond acceptors (Lipinski definition) is 2. The van der Waals surface area contributed by atoms with E-state index in [1.54, 1.807) is 0 Å². The predicted octanol–water partition coefficient (Wildman–Crippen LogP) is 1.54. The van der Waals surface area contributed by atoms with E-state index in [2.05, 4.69) is 48.3 Å². The van der Waals surface area contributed by atoms with E-state index in [0.29, 0.717) is 12.0 Å². The second-order valence-corrected chi connectivity index (χ2v) is 5.90. The molecule has 0 aromatic rings. The maximum absolute atomic E-state index is 4.29. The van der Waals surface area contributed by atoms with Gasteiger partial charge in [0, 0.05) is 26.2 Å². The molecule has 4 heteroatoms. The molecule has 1 aliphatic heterocycles. The molecule has 1 saturated heterocycles. The van der Waals surface area contributed by atoms with E-state index in [1.807, 2.05) is 7.05 Å². The molecule has 0 aliphatic carbocycles. The van der Waals surface area contributed by atoms with E-state index in [0.717, 1.165) is 18.4 Å². The molecule has 0 aromatic heterocycles. The van der Waals surface area contributed by atoms with Crippen molar-refractivity contribution in [3.05, 3.63) is 0 Å². The number of likely N-dealkylation sites (tertiary alicyclic amines) is 1. The number of piperidine rings is 1. The molecule has 4 nitrogen and oxygen atoms in total. The zero-order valence-electron chi connectivity index (χ0n) is 12.7. The first-order chi connectivity index (χ1) is 8.52. The van der Waals surface area contributed by atoms with Crippen LogP contribution in [-0.4, -0.2) is 50.6 Å². The quantitative estimate of drug-likeness (QED) is 0.590. The van der Waals surface area contributed by atoms with Crippen LogP contribution in [0.25, 0.3) is 0 Å². The van der Waals surface area contributed by atoms with Gasteiger partial charge in [0.1, 0.15) is 0 Å². The summed E-state index contributed by atoms with van der Waals surface area (Å²) in [7, 11) is 4.05. The van der Waals surface area contributed by atoms with Crippen LogP contribution in [0, 0.1) is 11.8 Å². The first-order valence-electron chi connectivity index (χ1n) is 7.18. The third-order valence-corrected chi connectivity index (χ3v) is 3.87. The molecule has 2 N–H and O–H groups in total. The first kappa shape index (κ1) is 15.3. The van der Waals surface area contributed by atoms with Crippen LogP contribution in [-0.2, 0) is 0 Å². The van der Waals surface area contributed by atoms with Gasteiger partial charge in [-0.1, -0.05) is 13.8 Å². The van der Waals surface area contributed by atoms with Crippen molar-refractivity contribution in [2.45, 2.75) is 39.7 Å². The number of nitrogens with one attached hydrogen (secondary N) is 2. The Bertz CT molecular complexity index is 263. The Morgan fingerprint density at radius 1 is 1.39 bits per heavy atom. The van der Waals surface area contributed by atoms with Crippen LogP contribution in [0.2, 0.25) is 0 Å². The monoisotopic (exact) mass is 254 g/mol. The number of nitrogens with zero attached hydrogens (tertiary/aromatic N) is 2. The van der Waals surface area contributed by atoms with Crippen molar-refractivity contribution in [3.63, 3.8) is 0 Å². The van der Waals surface area contributed by atoms with Crippen LogP contribution < -0.4 is 10.6 Å². The summed E-state index contributed by atoms with van der Waals surface area (Å²) in [5.41, 5.74) is 0. The molecule has 0 aromatic carbocycles. The summed E-state index contributed by atoms with van der Waals surface area (Å²) >= 11 is 0. The van der Waals surface area contributed by atoms with Crippen molar-refractivity contribution >= 4 is 5.96 Å². The third-order valence-electron chi connectivity index (χ3n) is 3.87. The van der Waals surface area contributed by atoms with Crippen molar-refractivity contribution in [2.75, 3.05) is 33.7 Å². The molecule has 1 rings (SSSR count). The van der Waals surface area contributed by atoms with Crippen molar-refractivity contribution in [1.82, 2.24) is 15.5 Å². The van der Waals surface area contributed by atoms with Gasteiger partial charge in [-0.05, 0) is 45.2 Å². The molecule has 106 valence electrons. The van der Waals surface area contributed by atoms with E-state index in [1.165, 1.54) is 25.9 Å². The SMILES string of the molecule is CN=C(NCC1CCCN(C)C1)NC(C)C(C)C. The number of hydrogen-bond donors (Lipinski definition) is 2. The highest BCUT2D eigenvalue weighted by molar-refractivity contribution is 5.79. The van der Waals surface area contributed by atoms with Crippen LogP contribution in [0.3, 0.4) is 0 Å². The molecule has 1 aliphatic rings. The highest BCUT2D eigenvalue weighted by Crippen LogP contribution is 2.13. The standard InChI is InChI=1S/C14H30N4/c1-11(2)12(3)17-14(15-4)16-9-13-7-6-8-18(5)10-13/h11-13H,6-10H2,1-5H3,(H2,15,16,17). The molecule has 2 unspecified atom stereocenters. The first-order valence-corrected chi connectivity index (χ1v) is 7.18. The molecule has 0 saturated carbocycles. The van der Waals surface area contributed by atoms with E-state index in [-0.39, 0.29) is 0 Å². The number of guanidine groups is 1. The van der Waals surface area contributed by atoms with Gasteiger partial charge in [0.05, 0.1) is 0 Å². The minimum Gasteiger partial charge on any atom is -0.356 e. The van der Waals surface area contributed by atoms with E-state index < -0.39 is 0 Å². The molecule has 2 atom stereocenters. The fourth-order valence-corrected chi connectivity index (χ4v) is 2.26. The van der Waals surface area contributed by atoms with E-state index >= 15 is 0 Å². The van der Waals surface area contributed by atoms with Crippen LogP contribution in [0.1, 0.15) is 33.6 Å². The van der Waals surface area contributed by atoms with Crippen LogP contribution in [0.5, 0.6) is 0 Å². The van der Waals surface area contributed by atoms with Gasteiger partial charge in [0.15, 0.2) is 5.96 Å². The summed E-state index contributed by atoms with van der Waals surface area (Å²) in [5, 5.41) is 6.90. The van der Waals surface area contributed by atoms with E-state index in [4.69, 9.17) is 0 Å². The lowest BCUT2D eigenvalue weighted by Crippen LogP contribution is -2.47. The summed E-state index contributed by atoms with van der Waals surface area (Å²) in [4.78, 5) is 6.71. The average Bonchev–Trinajstić information content (AvgIpc) is 2.34. The number of aliphatic imine (C=N–C) groups is 1. The molecule has 0 amide bonds. The lowest BCUT2D eigenvalue weighted by atomic mass is 9.98. The molecule has 1 fully saturated rings. The predicted molar refractivity (Wildman–Crippen MR) is 79.0 cm³/mol. The fourth-order valence-electron chi connectivity index (χ4n) is 2.26. The minimum atomic E-state index is 0.449. The van der Waals surface area contributed by atoms with E-state index in [9.17, 15) is 0 Å². The van der Waals surface area contributed by atoms with Crippen molar-refractivity contribution < 1.29 is 0 Å². The van der Waals surface area contributed by atoms with Gasteiger partial charge >= 0.3 is 0 Å². The molecule has 0 bridgehead atoms. The Labute approximate surface area is 112 Å². The largest absolute Gasteiger partial charge is 0.356 e. The fraction of sp³-hybridized carbons (Fsp3) is 0.929. The Balaban J connectivity index is 2.31. The maximum Gasteiger partial charge on any atom is 0.191 e. The summed E-state index contributed by atoms with van der Waals surface area (Å²) in [6, 6.07) is 0.449. The molecular formula is C14H30N4. The second-order valence-electron chi connectivity index (χ2n) is 5.90. The smallest absolute Gasteiger partial charge is 0.191 e. The lowest BCUT2D eigenvalue weighted by molar-refractivity contribution is 0.210. The Hall–Kier alpha value is -0.770. The van der Waals surface area contributed by atoms with Crippen LogP contribution in [0.4, 0.5) is 0 Å². The van der Waals surface area contributed by atoms with Crippen molar-refractivity contribution in [3.8, 4) is 0 Å². The van der Waals surface area contributed by atoms with Gasteiger partial charge < -0.3 is 15.5 Å². The van der Waals surface area contributed by atoms with Crippen molar-refractivity contribution in [1.29, 1.82) is 0 Å². The molecule has 18 heavy (non-hydrogen) atoms. The lowest BCUT2D eigenvalue weighted by Gasteiger charge is -2.30. The Morgan fingerprint density at radius 3 is 2.67 bits per heavy atom. The zero-order chi connectivity index (χ0) is 13.5. The summed E-state index contributed by atoms with van der Waals surface area (Å²) in [5.74, 6) is 2.30. The summed E-state index contributed by atoms with van der Waals surface area (Å²) < 4.78 is 0. The Morgan fingerprint density at radius 2 is 2.11 bits per heavy atom. The second kappa shape index (κ2) is 7.62. The average molecular weight is 254 g/mol. The minimum absolute atomic E-state index is 0.449. The highest BCUT2D eigenvalue weighted by Gasteiger charge is 2.17. The van der Waals surface area contributed by atoms with Crippen LogP contribution >= 0.6 is 0 Å². The summed E-state index contributed by atoms with van der Waals surface area (Å²) in [6.45, 7) is 10.1. The third kappa shape index (κ3) is 5.25. The van der Waals surface area contributed by atoms with Gasteiger partial charge in [0.25, 0.3) is 0 Å². The molecule has 0 spiro atoms. The van der Waals surface area contributed by atoms with Gasteiger partial charge in [-0.3, -0.25) is 4.99 Å². The van der Waals surface area contributed by atoms with Gasteiger partial charge in [-0.2, -0.15) is 0 Å². The molecular weight excluding hydrogens is 224 g/mol. The molecule has 1 heterocycles. The zero-order valence-corrected chi connectivity index (χ0v) is 12.7. The van der Waals surface area contributed by atoms with Crippen LogP contribution in [0.15, 0.2) is 4.99 Å². The van der Waals surface area contributed by atoms with Crippen molar-refractivity contribution in [2.24, 2.45) is 16.8 Å². The van der Waals surface area contributed by atoms with Gasteiger partial charge in [-0.25, -0.2) is 0 Å². The topological polar surface area (TPSA) is 39.7 Å². The highest BCUT2D eigenvalue weighted by atomic mass is 15.2. The van der Waals surface area contributed by atoms with Gasteiger partial charge in [-0.15, -0.1) is 0 Å². The normalized spacial score (nSPS) is 24.1. The maximum atomic E-state index is 4.29. The Kier molecular flexibility index (Phi) is 6.47. The number of rotatable bonds is 4. The molecule has 0 radical (unpaired) electrons. The summed E-state index contributed by atoms with van der Waals surface area (Å²) in [6.07, 6.45) is 2.64.